The van der Waals surface area contributed by atoms with Crippen molar-refractivity contribution >= 4 is 28.4 Å². The first-order valence-corrected chi connectivity index (χ1v) is 17.3. The van der Waals surface area contributed by atoms with Crippen molar-refractivity contribution in [1.29, 1.82) is 0 Å². The third-order valence-corrected chi connectivity index (χ3v) is 9.64. The third kappa shape index (κ3) is 5.05. The highest BCUT2D eigenvalue weighted by molar-refractivity contribution is 5.97. The maximum Gasteiger partial charge on any atom is 0.220 e. The fourth-order valence-corrected chi connectivity index (χ4v) is 7.23. The van der Waals surface area contributed by atoms with Crippen LogP contribution in [0.3, 0.4) is 0 Å². The van der Waals surface area contributed by atoms with Crippen molar-refractivity contribution in [3.05, 3.63) is 182 Å². The lowest BCUT2D eigenvalue weighted by atomic mass is 9.99. The zero-order valence-corrected chi connectivity index (χ0v) is 28.0. The molecule has 0 aliphatic carbocycles. The fourth-order valence-electron chi connectivity index (χ4n) is 7.23. The summed E-state index contributed by atoms with van der Waals surface area (Å²) in [7, 11) is 0. The highest BCUT2D eigenvalue weighted by atomic mass is 15.3. The maximum absolute atomic E-state index is 5.33. The van der Waals surface area contributed by atoms with Crippen LogP contribution in [0.5, 0.6) is 0 Å². The zero-order chi connectivity index (χ0) is 34.4. The maximum atomic E-state index is 5.33. The highest BCUT2D eigenvalue weighted by Gasteiger charge is 2.29. The number of hydrogen-bond acceptors (Lipinski definition) is 5. The first kappa shape index (κ1) is 29.7. The first-order chi connectivity index (χ1) is 25.8. The monoisotopic (exact) mass is 666 g/mol. The first-order valence-electron chi connectivity index (χ1n) is 17.3. The quantitative estimate of drug-likeness (QED) is 0.183. The molecule has 0 fully saturated rings. The van der Waals surface area contributed by atoms with Gasteiger partial charge in [-0.15, -0.1) is 0 Å². The number of nitrogens with zero attached hydrogens (tertiary/aromatic N) is 6. The van der Waals surface area contributed by atoms with Crippen LogP contribution < -0.4 is 4.90 Å². The van der Waals surface area contributed by atoms with E-state index in [0.717, 1.165) is 84.4 Å². The lowest BCUT2D eigenvalue weighted by Crippen LogP contribution is -2.14. The number of benzene rings is 6. The number of hydrogen-bond donors (Lipinski definition) is 0. The normalized spacial score (nSPS) is 11.8. The van der Waals surface area contributed by atoms with Gasteiger partial charge in [-0.3, -0.25) is 14.5 Å². The second kappa shape index (κ2) is 12.3. The number of para-hydroxylation sites is 4. The lowest BCUT2D eigenvalue weighted by Gasteiger charge is -2.26. The molecule has 3 aromatic heterocycles. The lowest BCUT2D eigenvalue weighted by molar-refractivity contribution is 1.05. The average molecular weight is 667 g/mol. The van der Waals surface area contributed by atoms with E-state index in [2.05, 4.69) is 130 Å². The molecule has 6 heteroatoms. The Morgan fingerprint density at radius 2 is 0.981 bits per heavy atom. The van der Waals surface area contributed by atoms with Crippen LogP contribution in [0.25, 0.3) is 72.9 Å². The molecule has 1 aliphatic rings. The number of pyridine rings is 1. The Hall–Kier alpha value is -7.18. The summed E-state index contributed by atoms with van der Waals surface area (Å²) in [6.07, 6.45) is 3.66. The molecule has 0 unspecified atom stereocenters. The minimum absolute atomic E-state index is 0.636. The van der Waals surface area contributed by atoms with Gasteiger partial charge in [0, 0.05) is 40.2 Å². The summed E-state index contributed by atoms with van der Waals surface area (Å²) in [5.41, 5.74) is 14.0. The van der Waals surface area contributed by atoms with E-state index >= 15 is 0 Å². The van der Waals surface area contributed by atoms with Crippen LogP contribution in [-0.2, 0) is 0 Å². The standard InChI is InChI=1S/C46H30N6/c1-3-13-32(14-4-1)40-30-41(33-15-5-2-6-16-33)49-45(48-40)35-27-34(31-23-25-47-26-24-31)28-36(29-35)51-42-20-10-7-17-37(42)38-18-8-11-21-43(38)52-44-22-12-9-19-39(44)50-46(51)52/h1-30H. The molecule has 0 saturated carbocycles. The van der Waals surface area contributed by atoms with Gasteiger partial charge < -0.3 is 0 Å². The second-order valence-electron chi connectivity index (χ2n) is 12.8. The summed E-state index contributed by atoms with van der Waals surface area (Å²) in [4.78, 5) is 22.4. The molecule has 52 heavy (non-hydrogen) atoms. The van der Waals surface area contributed by atoms with Crippen molar-refractivity contribution in [3.63, 3.8) is 0 Å². The Morgan fingerprint density at radius 3 is 1.69 bits per heavy atom. The van der Waals surface area contributed by atoms with Crippen LogP contribution in [0.1, 0.15) is 0 Å². The molecule has 1 aliphatic heterocycles. The number of imidazole rings is 1. The van der Waals surface area contributed by atoms with E-state index in [-0.39, 0.29) is 0 Å². The van der Waals surface area contributed by atoms with Crippen molar-refractivity contribution in [2.24, 2.45) is 0 Å². The number of anilines is 3. The van der Waals surface area contributed by atoms with E-state index in [4.69, 9.17) is 15.0 Å². The molecule has 0 bridgehead atoms. The van der Waals surface area contributed by atoms with E-state index in [1.165, 1.54) is 0 Å². The largest absolute Gasteiger partial charge is 0.280 e. The molecule has 6 nitrogen and oxygen atoms in total. The molecular weight excluding hydrogens is 637 g/mol. The summed E-state index contributed by atoms with van der Waals surface area (Å²) in [6.45, 7) is 0. The fraction of sp³-hybridized carbons (Fsp3) is 0. The van der Waals surface area contributed by atoms with Crippen LogP contribution in [-0.4, -0.2) is 24.5 Å². The van der Waals surface area contributed by atoms with E-state index < -0.39 is 0 Å². The van der Waals surface area contributed by atoms with E-state index in [0.29, 0.717) is 5.82 Å². The predicted molar refractivity (Wildman–Crippen MR) is 210 cm³/mol. The Kier molecular flexibility index (Phi) is 7.03. The summed E-state index contributed by atoms with van der Waals surface area (Å²) in [5, 5.41) is 0. The van der Waals surface area contributed by atoms with E-state index in [1.807, 2.05) is 67.0 Å². The van der Waals surface area contributed by atoms with Gasteiger partial charge in [0.1, 0.15) is 0 Å². The van der Waals surface area contributed by atoms with Crippen LogP contribution >= 0.6 is 0 Å². The van der Waals surface area contributed by atoms with Crippen molar-refractivity contribution < 1.29 is 0 Å². The molecule has 6 aromatic carbocycles. The predicted octanol–water partition coefficient (Wildman–Crippen LogP) is 11.3. The van der Waals surface area contributed by atoms with Crippen molar-refractivity contribution in [2.45, 2.75) is 0 Å². The smallest absolute Gasteiger partial charge is 0.220 e. The number of fused-ring (bicyclic) bond motifs is 7. The molecule has 0 atom stereocenters. The molecule has 0 radical (unpaired) electrons. The van der Waals surface area contributed by atoms with Crippen LogP contribution in [0.2, 0.25) is 0 Å². The molecule has 0 amide bonds. The van der Waals surface area contributed by atoms with Gasteiger partial charge in [0.05, 0.1) is 39.5 Å². The van der Waals surface area contributed by atoms with Crippen LogP contribution in [0.15, 0.2) is 182 Å². The van der Waals surface area contributed by atoms with Gasteiger partial charge in [-0.1, -0.05) is 109 Å². The van der Waals surface area contributed by atoms with Gasteiger partial charge in [-0.2, -0.15) is 0 Å². The van der Waals surface area contributed by atoms with Crippen molar-refractivity contribution in [2.75, 3.05) is 4.90 Å². The summed E-state index contributed by atoms with van der Waals surface area (Å²) in [5.74, 6) is 1.44. The minimum atomic E-state index is 0.636. The molecule has 10 rings (SSSR count). The van der Waals surface area contributed by atoms with Gasteiger partial charge >= 0.3 is 0 Å². The summed E-state index contributed by atoms with van der Waals surface area (Å²) in [6, 6.07) is 58.9. The Balaban J connectivity index is 1.27. The Morgan fingerprint density at radius 1 is 0.404 bits per heavy atom. The molecule has 0 N–H and O–H groups in total. The topological polar surface area (TPSA) is 59.7 Å². The highest BCUT2D eigenvalue weighted by Crippen LogP contribution is 2.48. The number of rotatable bonds is 5. The third-order valence-electron chi connectivity index (χ3n) is 9.64. The Bertz CT molecular complexity index is 2680. The molecule has 244 valence electrons. The van der Waals surface area contributed by atoms with Gasteiger partial charge in [-0.05, 0) is 71.8 Å². The van der Waals surface area contributed by atoms with Crippen LogP contribution in [0, 0.1) is 0 Å². The van der Waals surface area contributed by atoms with Gasteiger partial charge in [0.25, 0.3) is 0 Å². The number of aromatic nitrogens is 5. The second-order valence-corrected chi connectivity index (χ2v) is 12.8. The van der Waals surface area contributed by atoms with E-state index in [9.17, 15) is 0 Å². The van der Waals surface area contributed by atoms with Gasteiger partial charge in [0.15, 0.2) is 5.82 Å². The minimum Gasteiger partial charge on any atom is -0.280 e. The SMILES string of the molecule is c1ccc(-c2cc(-c3ccccc3)nc(-c3cc(-c4ccncc4)cc(N4c5ccccc5-c5ccccc5-n5c4nc4ccccc45)c3)n2)cc1. The van der Waals surface area contributed by atoms with Crippen molar-refractivity contribution in [1.82, 2.24) is 24.5 Å². The molecule has 0 saturated heterocycles. The molecule has 4 heterocycles. The van der Waals surface area contributed by atoms with E-state index in [1.54, 1.807) is 0 Å². The van der Waals surface area contributed by atoms with Gasteiger partial charge in [-0.25, -0.2) is 15.0 Å². The molecule has 0 spiro atoms. The molecular formula is C46H30N6. The summed E-state index contributed by atoms with van der Waals surface area (Å²) < 4.78 is 2.28. The van der Waals surface area contributed by atoms with Crippen molar-refractivity contribution in [3.8, 4) is 61.8 Å². The average Bonchev–Trinajstić information content (AvgIpc) is 3.55. The molecule has 9 aromatic rings. The van der Waals surface area contributed by atoms with Crippen LogP contribution in [0.4, 0.5) is 17.3 Å². The summed E-state index contributed by atoms with van der Waals surface area (Å²) >= 11 is 0. The Labute approximate surface area is 301 Å². The van der Waals surface area contributed by atoms with Gasteiger partial charge in [0.2, 0.25) is 5.95 Å². The zero-order valence-electron chi connectivity index (χ0n) is 28.0.